The lowest BCUT2D eigenvalue weighted by Gasteiger charge is -2.32. The lowest BCUT2D eigenvalue weighted by molar-refractivity contribution is 0.155. The van der Waals surface area contributed by atoms with Gasteiger partial charge in [0.2, 0.25) is 0 Å². The van der Waals surface area contributed by atoms with Gasteiger partial charge in [0.05, 0.1) is 6.04 Å². The van der Waals surface area contributed by atoms with Crippen molar-refractivity contribution in [3.8, 4) is 0 Å². The van der Waals surface area contributed by atoms with Gasteiger partial charge < -0.3 is 15.2 Å². The minimum absolute atomic E-state index is 0.192. The topological polar surface area (TPSA) is 71.1 Å². The van der Waals surface area contributed by atoms with E-state index in [2.05, 4.69) is 5.32 Å². The van der Waals surface area contributed by atoms with Crippen molar-refractivity contribution < 1.29 is 8.57 Å². The summed E-state index contributed by atoms with van der Waals surface area (Å²) in [7, 11) is 0. The summed E-state index contributed by atoms with van der Waals surface area (Å²) in [4.78, 5) is 0. The Bertz CT molecular complexity index is 521. The molecule has 4 nitrogen and oxygen atoms in total. The molecule has 0 spiro atoms. The minimum atomic E-state index is -0.299. The third-order valence-electron chi connectivity index (χ3n) is 3.99. The standard InChI is InChI=1S/C14H18FN3OS/c15-11-5-4-9(16)6-10(11)12-7-20-19-13(14(17)18-12)8-2-1-3-8/h4-6,8,12-13H,1-3,7,16H2,(H2,17,18). The Balaban J connectivity index is 1.78. The lowest BCUT2D eigenvalue weighted by Crippen LogP contribution is -2.42. The van der Waals surface area contributed by atoms with Crippen molar-refractivity contribution >= 4 is 23.6 Å². The first-order valence-corrected chi connectivity index (χ1v) is 7.74. The van der Waals surface area contributed by atoms with E-state index in [0.717, 1.165) is 12.8 Å². The molecule has 2 fully saturated rings. The van der Waals surface area contributed by atoms with E-state index in [-0.39, 0.29) is 18.0 Å². The fourth-order valence-electron chi connectivity index (χ4n) is 2.59. The van der Waals surface area contributed by atoms with Crippen LogP contribution in [0, 0.1) is 17.1 Å². The number of hydrogen-bond donors (Lipinski definition) is 3. The van der Waals surface area contributed by atoms with Gasteiger partial charge in [0, 0.05) is 17.0 Å². The van der Waals surface area contributed by atoms with Gasteiger partial charge in [0.15, 0.2) is 0 Å². The Morgan fingerprint density at radius 2 is 2.20 bits per heavy atom. The molecule has 4 N–H and O–H groups in total. The van der Waals surface area contributed by atoms with Crippen molar-refractivity contribution in [1.82, 2.24) is 5.32 Å². The van der Waals surface area contributed by atoms with Crippen LogP contribution in [0.1, 0.15) is 30.9 Å². The molecule has 2 aliphatic rings. The molecular weight excluding hydrogens is 277 g/mol. The number of nitrogen functional groups attached to an aromatic ring is 1. The van der Waals surface area contributed by atoms with Crippen molar-refractivity contribution in [3.05, 3.63) is 29.6 Å². The van der Waals surface area contributed by atoms with Gasteiger partial charge >= 0.3 is 0 Å². The number of amidine groups is 1. The summed E-state index contributed by atoms with van der Waals surface area (Å²) in [5.41, 5.74) is 6.76. The van der Waals surface area contributed by atoms with Crippen molar-refractivity contribution in [3.63, 3.8) is 0 Å². The number of rotatable bonds is 2. The summed E-state index contributed by atoms with van der Waals surface area (Å²) in [6.07, 6.45) is 3.22. The van der Waals surface area contributed by atoms with Crippen molar-refractivity contribution in [2.24, 2.45) is 5.92 Å². The zero-order chi connectivity index (χ0) is 14.1. The van der Waals surface area contributed by atoms with Gasteiger partial charge in [-0.3, -0.25) is 5.41 Å². The molecule has 0 amide bonds. The van der Waals surface area contributed by atoms with E-state index in [4.69, 9.17) is 15.3 Å². The highest BCUT2D eigenvalue weighted by Gasteiger charge is 2.35. The highest BCUT2D eigenvalue weighted by atomic mass is 32.2. The summed E-state index contributed by atoms with van der Waals surface area (Å²) in [5, 5.41) is 11.3. The maximum atomic E-state index is 13.9. The maximum Gasteiger partial charge on any atom is 0.132 e. The predicted octanol–water partition coefficient (Wildman–Crippen LogP) is 2.86. The van der Waals surface area contributed by atoms with E-state index in [9.17, 15) is 4.39 Å². The van der Waals surface area contributed by atoms with Crippen LogP contribution in [0.4, 0.5) is 10.1 Å². The number of nitrogens with two attached hydrogens (primary N) is 1. The molecule has 1 aromatic rings. The van der Waals surface area contributed by atoms with E-state index < -0.39 is 0 Å². The van der Waals surface area contributed by atoms with Crippen LogP contribution in [0.15, 0.2) is 18.2 Å². The quantitative estimate of drug-likeness (QED) is 0.579. The number of hydrogen-bond acceptors (Lipinski definition) is 4. The summed E-state index contributed by atoms with van der Waals surface area (Å²) < 4.78 is 19.6. The van der Waals surface area contributed by atoms with Crippen LogP contribution >= 0.6 is 12.0 Å². The predicted molar refractivity (Wildman–Crippen MR) is 79.1 cm³/mol. The zero-order valence-corrected chi connectivity index (χ0v) is 11.9. The smallest absolute Gasteiger partial charge is 0.132 e. The number of halogens is 1. The summed E-state index contributed by atoms with van der Waals surface area (Å²) in [5.74, 6) is 1.04. The van der Waals surface area contributed by atoms with Crippen LogP contribution in [-0.2, 0) is 4.18 Å². The Kier molecular flexibility index (Phi) is 3.85. The normalized spacial score (nSPS) is 27.6. The summed E-state index contributed by atoms with van der Waals surface area (Å²) in [6, 6.07) is 4.27. The van der Waals surface area contributed by atoms with Gasteiger partial charge in [-0.2, -0.15) is 0 Å². The molecule has 0 bridgehead atoms. The third kappa shape index (κ3) is 2.62. The lowest BCUT2D eigenvalue weighted by atomic mass is 9.80. The van der Waals surface area contributed by atoms with Crippen LogP contribution in [0.25, 0.3) is 0 Å². The van der Waals surface area contributed by atoms with Gasteiger partial charge in [-0.05, 0) is 49.0 Å². The van der Waals surface area contributed by atoms with Gasteiger partial charge in [0.25, 0.3) is 0 Å². The van der Waals surface area contributed by atoms with Crippen LogP contribution in [0.2, 0.25) is 0 Å². The second-order valence-electron chi connectivity index (χ2n) is 5.38. The molecule has 2 unspecified atom stereocenters. The monoisotopic (exact) mass is 295 g/mol. The SMILES string of the molecule is N=C1NC(c2cc(N)ccc2F)CSOC1C1CCC1. The first kappa shape index (κ1) is 13.7. The molecule has 0 radical (unpaired) electrons. The Hall–Kier alpha value is -1.27. The van der Waals surface area contributed by atoms with Crippen molar-refractivity contribution in [1.29, 1.82) is 5.41 Å². The van der Waals surface area contributed by atoms with E-state index in [1.165, 1.54) is 24.5 Å². The molecule has 1 aromatic carbocycles. The molecular formula is C14H18FN3OS. The summed E-state index contributed by atoms with van der Waals surface area (Å²) >= 11 is 1.31. The molecule has 2 atom stereocenters. The van der Waals surface area contributed by atoms with Crippen LogP contribution in [-0.4, -0.2) is 17.7 Å². The highest BCUT2D eigenvalue weighted by molar-refractivity contribution is 7.94. The fourth-order valence-corrected chi connectivity index (χ4v) is 3.47. The van der Waals surface area contributed by atoms with Crippen LogP contribution in [0.5, 0.6) is 0 Å². The number of benzene rings is 1. The van der Waals surface area contributed by atoms with Gasteiger partial charge in [-0.25, -0.2) is 4.39 Å². The summed E-state index contributed by atoms with van der Waals surface area (Å²) in [6.45, 7) is 0. The molecule has 6 heteroatoms. The molecule has 1 saturated heterocycles. The molecule has 20 heavy (non-hydrogen) atoms. The second-order valence-corrected chi connectivity index (χ2v) is 6.15. The van der Waals surface area contributed by atoms with Gasteiger partial charge in [-0.15, -0.1) is 0 Å². The zero-order valence-electron chi connectivity index (χ0n) is 11.1. The van der Waals surface area contributed by atoms with Gasteiger partial charge in [0.1, 0.15) is 17.8 Å². The first-order chi connectivity index (χ1) is 9.65. The highest BCUT2D eigenvalue weighted by Crippen LogP contribution is 2.36. The molecule has 108 valence electrons. The third-order valence-corrected chi connectivity index (χ3v) is 4.81. The maximum absolute atomic E-state index is 13.9. The van der Waals surface area contributed by atoms with E-state index in [1.807, 2.05) is 0 Å². The second kappa shape index (κ2) is 5.61. The molecule has 0 aromatic heterocycles. The van der Waals surface area contributed by atoms with Crippen LogP contribution in [0.3, 0.4) is 0 Å². The van der Waals surface area contributed by atoms with Crippen molar-refractivity contribution in [2.45, 2.75) is 31.4 Å². The fraction of sp³-hybridized carbons (Fsp3) is 0.500. The Morgan fingerprint density at radius 1 is 1.40 bits per heavy atom. The number of anilines is 1. The number of nitrogens with one attached hydrogen (secondary N) is 2. The van der Waals surface area contributed by atoms with Crippen molar-refractivity contribution in [2.75, 3.05) is 11.5 Å². The first-order valence-electron chi connectivity index (χ1n) is 6.83. The molecule has 1 aliphatic carbocycles. The molecule has 1 heterocycles. The Morgan fingerprint density at radius 3 is 2.90 bits per heavy atom. The van der Waals surface area contributed by atoms with E-state index in [1.54, 1.807) is 12.1 Å². The van der Waals surface area contributed by atoms with E-state index in [0.29, 0.717) is 28.8 Å². The molecule has 1 aliphatic heterocycles. The average molecular weight is 295 g/mol. The van der Waals surface area contributed by atoms with Crippen LogP contribution < -0.4 is 11.1 Å². The van der Waals surface area contributed by atoms with Gasteiger partial charge in [-0.1, -0.05) is 6.42 Å². The largest absolute Gasteiger partial charge is 0.399 e. The van der Waals surface area contributed by atoms with E-state index >= 15 is 0 Å². The average Bonchev–Trinajstić information content (AvgIpc) is 2.54. The molecule has 3 rings (SSSR count). The minimum Gasteiger partial charge on any atom is -0.399 e. The Labute approximate surface area is 122 Å². The molecule has 1 saturated carbocycles.